The minimum absolute atomic E-state index is 0.406. The lowest BCUT2D eigenvalue weighted by molar-refractivity contribution is 0.392. The van der Waals surface area contributed by atoms with Crippen LogP contribution >= 0.6 is 0 Å². The molecule has 6 heteroatoms. The van der Waals surface area contributed by atoms with E-state index in [0.29, 0.717) is 31.5 Å². The van der Waals surface area contributed by atoms with E-state index in [9.17, 15) is 8.42 Å². The van der Waals surface area contributed by atoms with Crippen molar-refractivity contribution in [3.8, 4) is 0 Å². The zero-order valence-corrected chi connectivity index (χ0v) is 10.0. The Hall–Kier alpha value is -0.170. The number of nitrogens with one attached hydrogen (secondary N) is 2. The largest absolute Gasteiger partial charge is 0.330 e. The van der Waals surface area contributed by atoms with Gasteiger partial charge in [-0.1, -0.05) is 13.3 Å². The molecule has 90 valence electrons. The highest BCUT2D eigenvalue weighted by Crippen LogP contribution is 2.30. The molecule has 2 atom stereocenters. The van der Waals surface area contributed by atoms with E-state index in [-0.39, 0.29) is 0 Å². The molecule has 4 N–H and O–H groups in total. The van der Waals surface area contributed by atoms with Crippen molar-refractivity contribution in [1.29, 1.82) is 0 Å². The van der Waals surface area contributed by atoms with Gasteiger partial charge >= 0.3 is 0 Å². The highest BCUT2D eigenvalue weighted by Gasteiger charge is 2.26. The Morgan fingerprint density at radius 3 is 2.53 bits per heavy atom. The van der Waals surface area contributed by atoms with E-state index in [1.165, 1.54) is 0 Å². The molecule has 0 radical (unpaired) electrons. The summed E-state index contributed by atoms with van der Waals surface area (Å²) in [5.74, 6) is 0.887. The first kappa shape index (κ1) is 12.9. The molecule has 0 aromatic heterocycles. The molecule has 5 nitrogen and oxygen atoms in total. The van der Waals surface area contributed by atoms with Crippen LogP contribution in [0.15, 0.2) is 0 Å². The molecule has 2 unspecified atom stereocenters. The Labute approximate surface area is 92.0 Å². The molecule has 1 aliphatic carbocycles. The summed E-state index contributed by atoms with van der Waals surface area (Å²) in [5.41, 5.74) is 5.63. The molecule has 1 saturated carbocycles. The first-order valence-corrected chi connectivity index (χ1v) is 7.01. The van der Waals surface area contributed by atoms with Gasteiger partial charge in [0.15, 0.2) is 0 Å². The van der Waals surface area contributed by atoms with Crippen LogP contribution in [0.1, 0.15) is 26.2 Å². The Morgan fingerprint density at radius 1 is 1.27 bits per heavy atom. The van der Waals surface area contributed by atoms with E-state index < -0.39 is 10.2 Å². The normalized spacial score (nSPS) is 27.1. The lowest BCUT2D eigenvalue weighted by Crippen LogP contribution is -2.40. The fraction of sp³-hybridized carbons (Fsp3) is 1.00. The predicted molar refractivity (Wildman–Crippen MR) is 60.5 cm³/mol. The molecule has 0 bridgehead atoms. The molecule has 1 aliphatic rings. The van der Waals surface area contributed by atoms with Crippen LogP contribution in [0.25, 0.3) is 0 Å². The van der Waals surface area contributed by atoms with Gasteiger partial charge in [-0.15, -0.1) is 0 Å². The average Bonchev–Trinajstić information content (AvgIpc) is 2.62. The molecule has 0 aromatic carbocycles. The standard InChI is InChI=1S/C9H21N3O2S/c1-2-11-15(13,14)12-7-9-5-3-4-8(9)6-10/h8-9,11-12H,2-7,10H2,1H3. The van der Waals surface area contributed by atoms with Gasteiger partial charge in [-0.25, -0.2) is 9.44 Å². The van der Waals surface area contributed by atoms with E-state index in [1.807, 2.05) is 0 Å². The summed E-state index contributed by atoms with van der Waals surface area (Å²) in [4.78, 5) is 0. The van der Waals surface area contributed by atoms with Crippen LogP contribution in [-0.4, -0.2) is 28.1 Å². The van der Waals surface area contributed by atoms with Gasteiger partial charge in [-0.2, -0.15) is 8.42 Å². The Kier molecular flexibility index (Phi) is 4.98. The molecule has 1 rings (SSSR count). The van der Waals surface area contributed by atoms with Crippen LogP contribution in [0.4, 0.5) is 0 Å². The summed E-state index contributed by atoms with van der Waals surface area (Å²) in [6.07, 6.45) is 3.37. The molecular formula is C9H21N3O2S. The van der Waals surface area contributed by atoms with Gasteiger partial charge in [-0.05, 0) is 31.2 Å². The number of nitrogens with two attached hydrogens (primary N) is 1. The SMILES string of the molecule is CCNS(=O)(=O)NCC1CCCC1CN. The van der Waals surface area contributed by atoms with E-state index in [1.54, 1.807) is 6.92 Å². The van der Waals surface area contributed by atoms with Gasteiger partial charge < -0.3 is 5.73 Å². The Bertz CT molecular complexity index is 279. The maximum Gasteiger partial charge on any atom is 0.276 e. The second-order valence-electron chi connectivity index (χ2n) is 4.04. The summed E-state index contributed by atoms with van der Waals surface area (Å²) in [6, 6.07) is 0. The summed E-state index contributed by atoms with van der Waals surface area (Å²) in [7, 11) is -3.29. The third-order valence-electron chi connectivity index (χ3n) is 2.99. The molecule has 15 heavy (non-hydrogen) atoms. The van der Waals surface area contributed by atoms with Crippen molar-refractivity contribution < 1.29 is 8.42 Å². The summed E-state index contributed by atoms with van der Waals surface area (Å²) < 4.78 is 27.6. The van der Waals surface area contributed by atoms with Crippen LogP contribution in [-0.2, 0) is 10.2 Å². The number of hydrogen-bond donors (Lipinski definition) is 3. The van der Waals surface area contributed by atoms with Gasteiger partial charge in [0.05, 0.1) is 0 Å². The minimum atomic E-state index is -3.29. The van der Waals surface area contributed by atoms with Crippen molar-refractivity contribution in [2.45, 2.75) is 26.2 Å². The second kappa shape index (κ2) is 5.79. The van der Waals surface area contributed by atoms with E-state index in [0.717, 1.165) is 19.3 Å². The van der Waals surface area contributed by atoms with E-state index in [4.69, 9.17) is 5.73 Å². The van der Waals surface area contributed by atoms with Crippen molar-refractivity contribution in [3.05, 3.63) is 0 Å². The van der Waals surface area contributed by atoms with E-state index in [2.05, 4.69) is 9.44 Å². The second-order valence-corrected chi connectivity index (χ2v) is 5.62. The molecule has 0 saturated heterocycles. The quantitative estimate of drug-likeness (QED) is 0.596. The fourth-order valence-electron chi connectivity index (χ4n) is 2.15. The van der Waals surface area contributed by atoms with Gasteiger partial charge in [0.1, 0.15) is 0 Å². The molecule has 1 fully saturated rings. The van der Waals surface area contributed by atoms with Crippen molar-refractivity contribution in [2.24, 2.45) is 17.6 Å². The molecule has 0 aromatic rings. The van der Waals surface area contributed by atoms with Crippen molar-refractivity contribution >= 4 is 10.2 Å². The van der Waals surface area contributed by atoms with Crippen LogP contribution in [0.5, 0.6) is 0 Å². The van der Waals surface area contributed by atoms with E-state index >= 15 is 0 Å². The zero-order chi connectivity index (χ0) is 11.3. The number of hydrogen-bond acceptors (Lipinski definition) is 3. The van der Waals surface area contributed by atoms with Gasteiger partial charge in [0, 0.05) is 13.1 Å². The first-order valence-electron chi connectivity index (χ1n) is 5.53. The van der Waals surface area contributed by atoms with Crippen LogP contribution in [0, 0.1) is 11.8 Å². The Morgan fingerprint density at radius 2 is 1.93 bits per heavy atom. The lowest BCUT2D eigenvalue weighted by atomic mass is 9.97. The molecule has 0 aliphatic heterocycles. The monoisotopic (exact) mass is 235 g/mol. The smallest absolute Gasteiger partial charge is 0.276 e. The van der Waals surface area contributed by atoms with Crippen LogP contribution in [0.2, 0.25) is 0 Å². The highest BCUT2D eigenvalue weighted by molar-refractivity contribution is 7.87. The summed E-state index contributed by atoms with van der Waals surface area (Å²) >= 11 is 0. The lowest BCUT2D eigenvalue weighted by Gasteiger charge is -2.18. The summed E-state index contributed by atoms with van der Waals surface area (Å²) in [6.45, 7) is 3.35. The summed E-state index contributed by atoms with van der Waals surface area (Å²) in [5, 5.41) is 0. The van der Waals surface area contributed by atoms with Crippen molar-refractivity contribution in [3.63, 3.8) is 0 Å². The van der Waals surface area contributed by atoms with Gasteiger partial charge in [-0.3, -0.25) is 0 Å². The average molecular weight is 235 g/mol. The highest BCUT2D eigenvalue weighted by atomic mass is 32.2. The predicted octanol–water partition coefficient (Wildman–Crippen LogP) is -0.195. The molecule has 0 amide bonds. The fourth-order valence-corrected chi connectivity index (χ4v) is 3.07. The topological polar surface area (TPSA) is 84.2 Å². The molecular weight excluding hydrogens is 214 g/mol. The van der Waals surface area contributed by atoms with Gasteiger partial charge in [0.25, 0.3) is 10.2 Å². The molecule has 0 heterocycles. The minimum Gasteiger partial charge on any atom is -0.330 e. The maximum atomic E-state index is 11.3. The third-order valence-corrected chi connectivity index (χ3v) is 4.20. The van der Waals surface area contributed by atoms with Crippen molar-refractivity contribution in [2.75, 3.05) is 19.6 Å². The van der Waals surface area contributed by atoms with Crippen LogP contribution < -0.4 is 15.2 Å². The first-order chi connectivity index (χ1) is 7.09. The zero-order valence-electron chi connectivity index (χ0n) is 9.20. The van der Waals surface area contributed by atoms with Crippen LogP contribution in [0.3, 0.4) is 0 Å². The van der Waals surface area contributed by atoms with Crippen molar-refractivity contribution in [1.82, 2.24) is 9.44 Å². The van der Waals surface area contributed by atoms with Gasteiger partial charge in [0.2, 0.25) is 0 Å². The number of rotatable bonds is 6. The third kappa shape index (κ3) is 4.06. The Balaban J connectivity index is 2.36. The maximum absolute atomic E-state index is 11.3. The molecule has 0 spiro atoms.